The Kier molecular flexibility index (Phi) is 10.4. The lowest BCUT2D eigenvalue weighted by Crippen LogP contribution is -2.24. The summed E-state index contributed by atoms with van der Waals surface area (Å²) in [4.78, 5) is 1.15. The lowest BCUT2D eigenvalue weighted by Gasteiger charge is -2.30. The number of thiol groups is 1. The summed E-state index contributed by atoms with van der Waals surface area (Å²) in [6.45, 7) is 13.7. The van der Waals surface area contributed by atoms with E-state index in [1.54, 1.807) is 0 Å². The standard InChI is InChI=1S/C27H46OS/c1-19(2)13-12-15-20(3)14-10-8-7-9-11-16-24-17-18-25-23(6)27(29)22(5)21(4)26(25)28-24/h19-20,24,29H,7-18H2,1-6H3/t20-,24?/m0/s1. The number of fused-ring (bicyclic) bond motifs is 1. The van der Waals surface area contributed by atoms with Gasteiger partial charge in [-0.3, -0.25) is 0 Å². The molecule has 2 rings (SSSR count). The van der Waals surface area contributed by atoms with E-state index in [0.717, 1.165) is 29.6 Å². The second kappa shape index (κ2) is 12.3. The zero-order chi connectivity index (χ0) is 21.4. The SMILES string of the molecule is Cc1c(C)c2c(c(C)c1S)CCC(CCCCCCC[C@H](C)CCCC(C)C)O2. The molecule has 0 bridgehead atoms. The minimum absolute atomic E-state index is 0.409. The van der Waals surface area contributed by atoms with Crippen molar-refractivity contribution in [3.8, 4) is 5.75 Å². The number of ether oxygens (including phenoxy) is 1. The van der Waals surface area contributed by atoms with E-state index in [1.165, 1.54) is 92.2 Å². The summed E-state index contributed by atoms with van der Waals surface area (Å²) in [5, 5.41) is 0. The molecule has 0 amide bonds. The van der Waals surface area contributed by atoms with Gasteiger partial charge >= 0.3 is 0 Å². The van der Waals surface area contributed by atoms with E-state index >= 15 is 0 Å². The molecule has 0 saturated heterocycles. The van der Waals surface area contributed by atoms with Gasteiger partial charge in [-0.2, -0.15) is 0 Å². The molecule has 1 aromatic rings. The highest BCUT2D eigenvalue weighted by Gasteiger charge is 2.25. The zero-order valence-electron chi connectivity index (χ0n) is 20.1. The van der Waals surface area contributed by atoms with E-state index in [9.17, 15) is 0 Å². The van der Waals surface area contributed by atoms with Crippen molar-refractivity contribution in [2.45, 2.75) is 130 Å². The fraction of sp³-hybridized carbons (Fsp3) is 0.778. The van der Waals surface area contributed by atoms with E-state index in [2.05, 4.69) is 41.5 Å². The highest BCUT2D eigenvalue weighted by Crippen LogP contribution is 2.39. The summed E-state index contributed by atoms with van der Waals surface area (Å²) >= 11 is 4.72. The predicted octanol–water partition coefficient (Wildman–Crippen LogP) is 8.79. The summed E-state index contributed by atoms with van der Waals surface area (Å²) in [6.07, 6.45) is 16.5. The summed E-state index contributed by atoms with van der Waals surface area (Å²) in [7, 11) is 0. The van der Waals surface area contributed by atoms with Crippen molar-refractivity contribution in [2.75, 3.05) is 0 Å². The molecule has 0 aromatic heterocycles. The molecule has 1 unspecified atom stereocenters. The normalized spacial score (nSPS) is 17.3. The number of hydrogen-bond donors (Lipinski definition) is 1. The lowest BCUT2D eigenvalue weighted by atomic mass is 9.91. The van der Waals surface area contributed by atoms with E-state index in [1.807, 2.05) is 0 Å². The van der Waals surface area contributed by atoms with E-state index in [-0.39, 0.29) is 0 Å². The Hall–Kier alpha value is -0.630. The molecule has 0 saturated carbocycles. The highest BCUT2D eigenvalue weighted by molar-refractivity contribution is 7.80. The molecule has 0 N–H and O–H groups in total. The van der Waals surface area contributed by atoms with Gasteiger partial charge in [0, 0.05) is 4.90 Å². The first-order valence-corrected chi connectivity index (χ1v) is 12.7. The summed E-state index contributed by atoms with van der Waals surface area (Å²) in [5.74, 6) is 2.94. The molecule has 1 heterocycles. The summed E-state index contributed by atoms with van der Waals surface area (Å²) < 4.78 is 6.46. The number of rotatable bonds is 12. The molecular formula is C27H46OS. The Balaban J connectivity index is 1.61. The molecule has 0 radical (unpaired) electrons. The average molecular weight is 419 g/mol. The van der Waals surface area contributed by atoms with Gasteiger partial charge in [0.2, 0.25) is 0 Å². The number of unbranched alkanes of at least 4 members (excludes halogenated alkanes) is 4. The van der Waals surface area contributed by atoms with E-state index in [4.69, 9.17) is 17.4 Å². The maximum atomic E-state index is 6.46. The third-order valence-electron chi connectivity index (χ3n) is 7.04. The van der Waals surface area contributed by atoms with Crippen molar-refractivity contribution in [2.24, 2.45) is 11.8 Å². The smallest absolute Gasteiger partial charge is 0.126 e. The van der Waals surface area contributed by atoms with Gasteiger partial charge in [0.25, 0.3) is 0 Å². The monoisotopic (exact) mass is 418 g/mol. The molecule has 0 aliphatic carbocycles. The van der Waals surface area contributed by atoms with Gasteiger partial charge < -0.3 is 4.74 Å². The quantitative estimate of drug-likeness (QED) is 0.263. The van der Waals surface area contributed by atoms with Crippen LogP contribution >= 0.6 is 12.6 Å². The zero-order valence-corrected chi connectivity index (χ0v) is 21.0. The van der Waals surface area contributed by atoms with Crippen LogP contribution in [0.1, 0.15) is 114 Å². The topological polar surface area (TPSA) is 9.23 Å². The molecule has 2 heteroatoms. The van der Waals surface area contributed by atoms with Gasteiger partial charge in [-0.15, -0.1) is 12.6 Å². The third kappa shape index (κ3) is 7.53. The maximum Gasteiger partial charge on any atom is 0.126 e. The Bertz CT molecular complexity index is 634. The van der Waals surface area contributed by atoms with Crippen molar-refractivity contribution in [1.82, 2.24) is 0 Å². The van der Waals surface area contributed by atoms with Crippen LogP contribution in [0.15, 0.2) is 4.90 Å². The Morgan fingerprint density at radius 3 is 2.21 bits per heavy atom. The van der Waals surface area contributed by atoms with Crippen molar-refractivity contribution < 1.29 is 4.74 Å². The fourth-order valence-corrected chi connectivity index (χ4v) is 5.08. The molecule has 1 nitrogen and oxygen atoms in total. The van der Waals surface area contributed by atoms with Crippen LogP contribution in [0, 0.1) is 32.6 Å². The van der Waals surface area contributed by atoms with Gasteiger partial charge in [0.15, 0.2) is 0 Å². The van der Waals surface area contributed by atoms with Crippen LogP contribution in [-0.2, 0) is 6.42 Å². The minimum Gasteiger partial charge on any atom is -0.490 e. The first kappa shape index (κ1) is 24.6. The fourth-order valence-electron chi connectivity index (χ4n) is 4.78. The van der Waals surface area contributed by atoms with Crippen LogP contribution in [0.5, 0.6) is 5.75 Å². The Morgan fingerprint density at radius 2 is 1.48 bits per heavy atom. The second-order valence-electron chi connectivity index (χ2n) is 10.1. The van der Waals surface area contributed by atoms with Crippen molar-refractivity contribution >= 4 is 12.6 Å². The molecule has 1 aliphatic heterocycles. The summed E-state index contributed by atoms with van der Waals surface area (Å²) in [6, 6.07) is 0. The molecule has 166 valence electrons. The van der Waals surface area contributed by atoms with Gasteiger partial charge in [-0.1, -0.05) is 72.1 Å². The molecule has 0 fully saturated rings. The largest absolute Gasteiger partial charge is 0.490 e. The van der Waals surface area contributed by atoms with Gasteiger partial charge in [-0.05, 0) is 80.5 Å². The average Bonchev–Trinajstić information content (AvgIpc) is 2.69. The number of hydrogen-bond acceptors (Lipinski definition) is 2. The highest BCUT2D eigenvalue weighted by atomic mass is 32.1. The van der Waals surface area contributed by atoms with Crippen LogP contribution in [-0.4, -0.2) is 6.10 Å². The third-order valence-corrected chi connectivity index (χ3v) is 7.71. The second-order valence-corrected chi connectivity index (χ2v) is 10.5. The van der Waals surface area contributed by atoms with Gasteiger partial charge in [0.05, 0.1) is 6.10 Å². The van der Waals surface area contributed by atoms with E-state index in [0.29, 0.717) is 6.10 Å². The molecule has 1 aliphatic rings. The van der Waals surface area contributed by atoms with Crippen LogP contribution in [0.25, 0.3) is 0 Å². The minimum atomic E-state index is 0.409. The predicted molar refractivity (Wildman–Crippen MR) is 131 cm³/mol. The van der Waals surface area contributed by atoms with Crippen LogP contribution in [0.4, 0.5) is 0 Å². The Morgan fingerprint density at radius 1 is 0.828 bits per heavy atom. The van der Waals surface area contributed by atoms with Crippen LogP contribution < -0.4 is 4.74 Å². The Labute approximate surface area is 186 Å². The van der Waals surface area contributed by atoms with Crippen molar-refractivity contribution in [3.05, 3.63) is 22.3 Å². The number of benzene rings is 1. The van der Waals surface area contributed by atoms with Crippen LogP contribution in [0.2, 0.25) is 0 Å². The summed E-state index contributed by atoms with van der Waals surface area (Å²) in [5.41, 5.74) is 5.30. The van der Waals surface area contributed by atoms with Gasteiger partial charge in [-0.25, -0.2) is 0 Å². The lowest BCUT2D eigenvalue weighted by molar-refractivity contribution is 0.158. The first-order chi connectivity index (χ1) is 13.8. The maximum absolute atomic E-state index is 6.46. The van der Waals surface area contributed by atoms with Crippen molar-refractivity contribution in [1.29, 1.82) is 0 Å². The first-order valence-electron chi connectivity index (χ1n) is 12.3. The van der Waals surface area contributed by atoms with Gasteiger partial charge in [0.1, 0.15) is 5.75 Å². The molecular weight excluding hydrogens is 372 g/mol. The van der Waals surface area contributed by atoms with Crippen LogP contribution in [0.3, 0.4) is 0 Å². The molecule has 1 aromatic carbocycles. The molecule has 0 spiro atoms. The molecule has 2 atom stereocenters. The van der Waals surface area contributed by atoms with Crippen molar-refractivity contribution in [3.63, 3.8) is 0 Å². The molecule has 29 heavy (non-hydrogen) atoms. The van der Waals surface area contributed by atoms with E-state index < -0.39 is 0 Å².